The van der Waals surface area contributed by atoms with Crippen molar-refractivity contribution in [3.05, 3.63) is 71.8 Å². The van der Waals surface area contributed by atoms with Gasteiger partial charge in [-0.25, -0.2) is 0 Å². The Morgan fingerprint density at radius 3 is 1.71 bits per heavy atom. The van der Waals surface area contributed by atoms with Crippen LogP contribution in [-0.4, -0.2) is 61.4 Å². The molecule has 0 spiro atoms. The number of hydrogen-bond donors (Lipinski definition) is 0. The molecule has 0 aromatic heterocycles. The highest BCUT2D eigenvalue weighted by Gasteiger charge is 2.63. The third-order valence-electron chi connectivity index (χ3n) is 5.99. The Hall–Kier alpha value is -3.04. The van der Waals surface area contributed by atoms with E-state index in [-0.39, 0.29) is 19.8 Å². The summed E-state index contributed by atoms with van der Waals surface area (Å²) in [6, 6.07) is 18.5. The number of rotatable bonds is 11. The molecule has 6 atom stereocenters. The van der Waals surface area contributed by atoms with Crippen molar-refractivity contribution < 1.29 is 47.2 Å². The lowest BCUT2D eigenvalue weighted by Gasteiger charge is -2.47. The largest absolute Gasteiger partial charge is 0.459 e. The second kappa shape index (κ2) is 13.7. The van der Waals surface area contributed by atoms with Gasteiger partial charge in [0, 0.05) is 27.9 Å². The van der Waals surface area contributed by atoms with Crippen molar-refractivity contribution in [2.75, 3.05) is 13.7 Å². The van der Waals surface area contributed by atoms with Crippen LogP contribution in [0.5, 0.6) is 0 Å². The molecule has 1 fully saturated rings. The van der Waals surface area contributed by atoms with E-state index in [9.17, 15) is 18.9 Å². The predicted molar refractivity (Wildman–Crippen MR) is 136 cm³/mol. The Morgan fingerprint density at radius 2 is 1.21 bits per heavy atom. The molecular weight excluding hydrogens is 515 g/mol. The molecule has 11 heteroatoms. The lowest BCUT2D eigenvalue weighted by Crippen LogP contribution is -2.61. The van der Waals surface area contributed by atoms with Crippen LogP contribution in [0.4, 0.5) is 0 Å². The van der Waals surface area contributed by atoms with Crippen molar-refractivity contribution in [1.29, 1.82) is 0 Å². The molecule has 0 aliphatic carbocycles. The van der Waals surface area contributed by atoms with E-state index in [0.29, 0.717) is 0 Å². The van der Waals surface area contributed by atoms with Crippen molar-refractivity contribution >= 4 is 25.3 Å². The SMILES string of the molecule is CO[P@]1(=O)[C@H](COCc2ccccc2)[C@H](OC(C)=O)[C@H](OCc2ccccc2)[C@@H](OC(C)=O)[C@H]1OC(C)=O. The van der Waals surface area contributed by atoms with Crippen LogP contribution in [0.1, 0.15) is 31.9 Å². The Balaban J connectivity index is 2.03. The van der Waals surface area contributed by atoms with Gasteiger partial charge in [0.15, 0.2) is 6.10 Å². The molecule has 0 N–H and O–H groups in total. The summed E-state index contributed by atoms with van der Waals surface area (Å²) in [4.78, 5) is 36.4. The first-order valence-electron chi connectivity index (χ1n) is 12.1. The molecule has 1 aliphatic rings. The summed E-state index contributed by atoms with van der Waals surface area (Å²) in [6.07, 6.45) is -3.76. The molecule has 2 aromatic carbocycles. The van der Waals surface area contributed by atoms with Crippen LogP contribution in [-0.2, 0) is 60.4 Å². The summed E-state index contributed by atoms with van der Waals surface area (Å²) in [5.74, 6) is -3.69. The summed E-state index contributed by atoms with van der Waals surface area (Å²) in [5, 5.41) is 0. The minimum absolute atomic E-state index is 0.0443. The molecule has 0 amide bonds. The number of carbonyl (C=O) groups excluding carboxylic acids is 3. The van der Waals surface area contributed by atoms with E-state index >= 15 is 0 Å². The Bertz CT molecular complexity index is 1120. The molecule has 206 valence electrons. The molecule has 1 aliphatic heterocycles. The quantitative estimate of drug-likeness (QED) is 0.232. The number of benzene rings is 2. The Labute approximate surface area is 221 Å². The number of ether oxygens (including phenoxy) is 5. The second-order valence-electron chi connectivity index (χ2n) is 8.81. The van der Waals surface area contributed by atoms with E-state index in [0.717, 1.165) is 25.0 Å². The van der Waals surface area contributed by atoms with E-state index < -0.39 is 55.1 Å². The van der Waals surface area contributed by atoms with Crippen LogP contribution in [0.2, 0.25) is 0 Å². The van der Waals surface area contributed by atoms with E-state index in [4.69, 9.17) is 28.2 Å². The fourth-order valence-corrected chi connectivity index (χ4v) is 7.14. The molecule has 1 heterocycles. The third kappa shape index (κ3) is 7.51. The highest BCUT2D eigenvalue weighted by atomic mass is 31.2. The van der Waals surface area contributed by atoms with Crippen LogP contribution < -0.4 is 0 Å². The number of hydrogen-bond acceptors (Lipinski definition) is 10. The molecule has 0 unspecified atom stereocenters. The van der Waals surface area contributed by atoms with E-state index in [1.165, 1.54) is 14.0 Å². The summed E-state index contributed by atoms with van der Waals surface area (Å²) in [7, 11) is -2.85. The van der Waals surface area contributed by atoms with Crippen molar-refractivity contribution in [3.8, 4) is 0 Å². The maximum absolute atomic E-state index is 14.4. The van der Waals surface area contributed by atoms with E-state index in [1.807, 2.05) is 60.7 Å². The summed E-state index contributed by atoms with van der Waals surface area (Å²) < 4.78 is 48.6. The van der Waals surface area contributed by atoms with Gasteiger partial charge in [-0.3, -0.25) is 18.9 Å². The maximum Gasteiger partial charge on any atom is 0.303 e. The average Bonchev–Trinajstić information content (AvgIpc) is 2.88. The smallest absolute Gasteiger partial charge is 0.303 e. The first-order valence-corrected chi connectivity index (χ1v) is 13.9. The lowest BCUT2D eigenvalue weighted by atomic mass is 10.0. The van der Waals surface area contributed by atoms with Gasteiger partial charge in [0.05, 0.1) is 19.8 Å². The summed E-state index contributed by atoms with van der Waals surface area (Å²) in [5.41, 5.74) is 0.555. The third-order valence-corrected chi connectivity index (χ3v) is 9.03. The molecule has 3 rings (SSSR count). The predicted octanol–water partition coefficient (Wildman–Crippen LogP) is 3.85. The summed E-state index contributed by atoms with van der Waals surface area (Å²) in [6.45, 7) is 3.54. The topological polar surface area (TPSA) is 124 Å². The fourth-order valence-electron chi connectivity index (χ4n) is 4.40. The van der Waals surface area contributed by atoms with Gasteiger partial charge in [0.1, 0.15) is 17.9 Å². The van der Waals surface area contributed by atoms with E-state index in [1.54, 1.807) is 0 Å². The molecule has 0 radical (unpaired) electrons. The molecule has 0 saturated carbocycles. The monoisotopic (exact) mass is 548 g/mol. The van der Waals surface area contributed by atoms with Crippen molar-refractivity contribution in [2.24, 2.45) is 0 Å². The van der Waals surface area contributed by atoms with Crippen LogP contribution in [0.15, 0.2) is 60.7 Å². The van der Waals surface area contributed by atoms with Gasteiger partial charge in [-0.05, 0) is 11.1 Å². The van der Waals surface area contributed by atoms with Gasteiger partial charge in [-0.2, -0.15) is 0 Å². The van der Waals surface area contributed by atoms with E-state index in [2.05, 4.69) is 0 Å². The molecule has 38 heavy (non-hydrogen) atoms. The van der Waals surface area contributed by atoms with Gasteiger partial charge in [0.25, 0.3) is 7.37 Å². The minimum atomic E-state index is -4.05. The van der Waals surface area contributed by atoms with Gasteiger partial charge in [0.2, 0.25) is 5.85 Å². The first kappa shape index (κ1) is 29.5. The zero-order valence-corrected chi connectivity index (χ0v) is 22.7. The highest BCUT2D eigenvalue weighted by Crippen LogP contribution is 2.63. The highest BCUT2D eigenvalue weighted by molar-refractivity contribution is 7.60. The zero-order valence-electron chi connectivity index (χ0n) is 21.8. The fraction of sp³-hybridized carbons (Fsp3) is 0.444. The van der Waals surface area contributed by atoms with Gasteiger partial charge in [-0.1, -0.05) is 60.7 Å². The Morgan fingerprint density at radius 1 is 0.711 bits per heavy atom. The Kier molecular flexibility index (Phi) is 10.6. The normalized spacial score (nSPS) is 26.8. The van der Waals surface area contributed by atoms with Crippen LogP contribution >= 0.6 is 7.37 Å². The second-order valence-corrected chi connectivity index (χ2v) is 11.6. The van der Waals surface area contributed by atoms with Gasteiger partial charge < -0.3 is 28.2 Å². The van der Waals surface area contributed by atoms with Crippen molar-refractivity contribution in [1.82, 2.24) is 0 Å². The first-order chi connectivity index (χ1) is 18.2. The lowest BCUT2D eigenvalue weighted by molar-refractivity contribution is -0.196. The molecule has 1 saturated heterocycles. The average molecular weight is 549 g/mol. The molecule has 2 aromatic rings. The summed E-state index contributed by atoms with van der Waals surface area (Å²) >= 11 is 0. The minimum Gasteiger partial charge on any atom is -0.459 e. The zero-order chi connectivity index (χ0) is 27.7. The van der Waals surface area contributed by atoms with Crippen LogP contribution in [0.25, 0.3) is 0 Å². The van der Waals surface area contributed by atoms with Crippen molar-refractivity contribution in [2.45, 2.75) is 63.8 Å². The van der Waals surface area contributed by atoms with Crippen LogP contribution in [0, 0.1) is 0 Å². The molecule has 0 bridgehead atoms. The van der Waals surface area contributed by atoms with Gasteiger partial charge >= 0.3 is 17.9 Å². The standard InChI is InChI=1S/C27H33O10P/c1-18(28)35-24-23(17-33-15-21-11-7-5-8-12-21)38(31,32-4)27(37-20(3)30)26(36-19(2)29)25(24)34-16-22-13-9-6-10-14-22/h5-14,23-27H,15-17H2,1-4H3/t23-,24+,25+,26-,27+,38-/m1/s1. The number of carbonyl (C=O) groups is 3. The number of esters is 3. The van der Waals surface area contributed by atoms with Gasteiger partial charge in [-0.15, -0.1) is 0 Å². The molecular formula is C27H33O10P. The maximum atomic E-state index is 14.4. The molecule has 10 nitrogen and oxygen atoms in total. The van der Waals surface area contributed by atoms with Crippen LogP contribution in [0.3, 0.4) is 0 Å². The van der Waals surface area contributed by atoms with Crippen molar-refractivity contribution in [3.63, 3.8) is 0 Å².